The van der Waals surface area contributed by atoms with Gasteiger partial charge in [0, 0.05) is 45.1 Å². The zero-order valence-electron chi connectivity index (χ0n) is 12.1. The molecule has 2 aliphatic heterocycles. The Hall–Kier alpha value is -1.46. The lowest BCUT2D eigenvalue weighted by molar-refractivity contribution is -0.125. The molecule has 2 saturated heterocycles. The molecule has 0 aliphatic carbocycles. The topological polar surface area (TPSA) is 48.5 Å². The molecule has 0 radical (unpaired) electrons. The molecule has 5 heteroatoms. The van der Waals surface area contributed by atoms with Gasteiger partial charge in [-0.1, -0.05) is 0 Å². The largest absolute Gasteiger partial charge is 0.358 e. The van der Waals surface area contributed by atoms with E-state index in [2.05, 4.69) is 39.3 Å². The molecule has 3 heterocycles. The standard InChI is InChI=1S/C15H22N4O/c1-16-15(20)13-7-12-9-19(10-14(12)18(13)2)8-11-3-5-17-6-4-11/h3-6,12-14H,7-10H2,1-2H3,(H,16,20)/t12-,13-,14+/m1/s1. The van der Waals surface area contributed by atoms with Crippen molar-refractivity contribution in [3.05, 3.63) is 30.1 Å². The van der Waals surface area contributed by atoms with Crippen molar-refractivity contribution in [2.45, 2.75) is 25.0 Å². The second-order valence-electron chi connectivity index (χ2n) is 5.91. The van der Waals surface area contributed by atoms with Crippen LogP contribution in [0.2, 0.25) is 0 Å². The van der Waals surface area contributed by atoms with Gasteiger partial charge in [-0.25, -0.2) is 0 Å². The minimum Gasteiger partial charge on any atom is -0.358 e. The maximum atomic E-state index is 11.9. The highest BCUT2D eigenvalue weighted by molar-refractivity contribution is 5.81. The number of nitrogens with one attached hydrogen (secondary N) is 1. The van der Waals surface area contributed by atoms with Crippen LogP contribution in [0, 0.1) is 5.92 Å². The van der Waals surface area contributed by atoms with Gasteiger partial charge in [-0.3, -0.25) is 19.6 Å². The maximum Gasteiger partial charge on any atom is 0.237 e. The molecule has 108 valence electrons. The van der Waals surface area contributed by atoms with Gasteiger partial charge in [0.2, 0.25) is 5.91 Å². The molecule has 0 bridgehead atoms. The van der Waals surface area contributed by atoms with E-state index < -0.39 is 0 Å². The highest BCUT2D eigenvalue weighted by atomic mass is 16.2. The van der Waals surface area contributed by atoms with E-state index in [9.17, 15) is 4.79 Å². The Morgan fingerprint density at radius 3 is 2.80 bits per heavy atom. The van der Waals surface area contributed by atoms with Gasteiger partial charge in [0.25, 0.3) is 0 Å². The van der Waals surface area contributed by atoms with Gasteiger partial charge in [0.15, 0.2) is 0 Å². The zero-order valence-corrected chi connectivity index (χ0v) is 12.1. The number of aromatic nitrogens is 1. The van der Waals surface area contributed by atoms with Crippen molar-refractivity contribution < 1.29 is 4.79 Å². The Labute approximate surface area is 120 Å². The van der Waals surface area contributed by atoms with Crippen molar-refractivity contribution in [3.63, 3.8) is 0 Å². The summed E-state index contributed by atoms with van der Waals surface area (Å²) in [5.74, 6) is 0.770. The second kappa shape index (κ2) is 5.50. The van der Waals surface area contributed by atoms with Crippen molar-refractivity contribution in [2.75, 3.05) is 27.2 Å². The van der Waals surface area contributed by atoms with Gasteiger partial charge in [0.05, 0.1) is 6.04 Å². The van der Waals surface area contributed by atoms with Crippen LogP contribution in [0.1, 0.15) is 12.0 Å². The van der Waals surface area contributed by atoms with E-state index in [0.717, 1.165) is 26.1 Å². The predicted molar refractivity (Wildman–Crippen MR) is 77.0 cm³/mol. The summed E-state index contributed by atoms with van der Waals surface area (Å²) in [6, 6.07) is 4.72. The van der Waals surface area contributed by atoms with Gasteiger partial charge in [-0.15, -0.1) is 0 Å². The fourth-order valence-electron chi connectivity index (χ4n) is 3.65. The maximum absolute atomic E-state index is 11.9. The number of carbonyl (C=O) groups is 1. The first-order chi connectivity index (χ1) is 9.69. The fourth-order valence-corrected chi connectivity index (χ4v) is 3.65. The summed E-state index contributed by atoms with van der Waals surface area (Å²) < 4.78 is 0. The summed E-state index contributed by atoms with van der Waals surface area (Å²) in [6.45, 7) is 3.12. The van der Waals surface area contributed by atoms with Gasteiger partial charge >= 0.3 is 0 Å². The lowest BCUT2D eigenvalue weighted by Gasteiger charge is -2.25. The first kappa shape index (κ1) is 13.5. The van der Waals surface area contributed by atoms with Crippen LogP contribution in [0.5, 0.6) is 0 Å². The summed E-state index contributed by atoms with van der Waals surface area (Å²) in [5.41, 5.74) is 1.31. The molecule has 2 aliphatic rings. The SMILES string of the molecule is CNC(=O)[C@H]1C[C@@H]2CN(Cc3ccncc3)C[C@@H]2N1C. The van der Waals surface area contributed by atoms with E-state index in [1.807, 2.05) is 12.4 Å². The van der Waals surface area contributed by atoms with Crippen molar-refractivity contribution in [1.29, 1.82) is 0 Å². The van der Waals surface area contributed by atoms with Crippen LogP contribution in [0.15, 0.2) is 24.5 Å². The van der Waals surface area contributed by atoms with Crippen molar-refractivity contribution in [1.82, 2.24) is 20.1 Å². The lowest BCUT2D eigenvalue weighted by atomic mass is 10.0. The average Bonchev–Trinajstić information content (AvgIpc) is 2.99. The number of amides is 1. The average molecular weight is 274 g/mol. The summed E-state index contributed by atoms with van der Waals surface area (Å²) in [6.07, 6.45) is 4.67. The summed E-state index contributed by atoms with van der Waals surface area (Å²) in [5, 5.41) is 2.78. The van der Waals surface area contributed by atoms with Crippen LogP contribution in [-0.2, 0) is 11.3 Å². The van der Waals surface area contributed by atoms with Crippen LogP contribution < -0.4 is 5.32 Å². The quantitative estimate of drug-likeness (QED) is 0.863. The number of fused-ring (bicyclic) bond motifs is 1. The van der Waals surface area contributed by atoms with Crippen molar-refractivity contribution >= 4 is 5.91 Å². The van der Waals surface area contributed by atoms with E-state index in [-0.39, 0.29) is 11.9 Å². The zero-order chi connectivity index (χ0) is 14.1. The fraction of sp³-hybridized carbons (Fsp3) is 0.600. The molecular weight excluding hydrogens is 252 g/mol. The molecule has 3 rings (SSSR count). The van der Waals surface area contributed by atoms with Gasteiger partial charge in [-0.2, -0.15) is 0 Å². The van der Waals surface area contributed by atoms with E-state index in [1.54, 1.807) is 7.05 Å². The van der Waals surface area contributed by atoms with Crippen molar-refractivity contribution in [3.8, 4) is 0 Å². The third-order valence-electron chi connectivity index (χ3n) is 4.73. The minimum absolute atomic E-state index is 0.0538. The molecule has 0 unspecified atom stereocenters. The third kappa shape index (κ3) is 2.43. The molecule has 1 aromatic rings. The Morgan fingerprint density at radius 1 is 1.40 bits per heavy atom. The van der Waals surface area contributed by atoms with Crippen LogP contribution in [0.4, 0.5) is 0 Å². The van der Waals surface area contributed by atoms with Gasteiger partial charge < -0.3 is 5.32 Å². The molecule has 1 N–H and O–H groups in total. The Balaban J connectivity index is 1.61. The Morgan fingerprint density at radius 2 is 2.15 bits per heavy atom. The second-order valence-corrected chi connectivity index (χ2v) is 5.91. The smallest absolute Gasteiger partial charge is 0.237 e. The first-order valence-corrected chi connectivity index (χ1v) is 7.24. The molecule has 0 spiro atoms. The van der Waals surface area contributed by atoms with Gasteiger partial charge in [-0.05, 0) is 37.1 Å². The summed E-state index contributed by atoms with van der Waals surface area (Å²) >= 11 is 0. The number of pyridine rings is 1. The van der Waals surface area contributed by atoms with Crippen LogP contribution in [0.25, 0.3) is 0 Å². The van der Waals surface area contributed by atoms with Crippen LogP contribution >= 0.6 is 0 Å². The highest BCUT2D eigenvalue weighted by Crippen LogP contribution is 2.35. The molecular formula is C15H22N4O. The molecule has 0 saturated carbocycles. The number of likely N-dealkylation sites (N-methyl/N-ethyl adjacent to an activating group) is 2. The minimum atomic E-state index is 0.0538. The normalized spacial score (nSPS) is 30.4. The number of rotatable bonds is 3. The first-order valence-electron chi connectivity index (χ1n) is 7.24. The number of carbonyl (C=O) groups excluding carboxylic acids is 1. The molecule has 1 aromatic heterocycles. The number of likely N-dealkylation sites (tertiary alicyclic amines) is 2. The number of nitrogens with zero attached hydrogens (tertiary/aromatic N) is 3. The third-order valence-corrected chi connectivity index (χ3v) is 4.73. The molecule has 5 nitrogen and oxygen atoms in total. The molecule has 3 atom stereocenters. The lowest BCUT2D eigenvalue weighted by Crippen LogP contribution is -2.44. The van der Waals surface area contributed by atoms with E-state index >= 15 is 0 Å². The molecule has 20 heavy (non-hydrogen) atoms. The summed E-state index contributed by atoms with van der Waals surface area (Å²) in [4.78, 5) is 20.7. The molecule has 0 aromatic carbocycles. The van der Waals surface area contributed by atoms with E-state index in [4.69, 9.17) is 0 Å². The Kier molecular flexibility index (Phi) is 3.72. The molecule has 2 fully saturated rings. The predicted octanol–water partition coefficient (Wildman–Crippen LogP) is 0.332. The monoisotopic (exact) mass is 274 g/mol. The van der Waals surface area contributed by atoms with Crippen LogP contribution in [-0.4, -0.2) is 60.0 Å². The van der Waals surface area contributed by atoms with Crippen molar-refractivity contribution in [2.24, 2.45) is 5.92 Å². The van der Waals surface area contributed by atoms with E-state index in [0.29, 0.717) is 12.0 Å². The number of hydrogen-bond donors (Lipinski definition) is 1. The van der Waals surface area contributed by atoms with E-state index in [1.165, 1.54) is 5.56 Å². The molecule has 1 amide bonds. The number of hydrogen-bond acceptors (Lipinski definition) is 4. The van der Waals surface area contributed by atoms with Crippen LogP contribution in [0.3, 0.4) is 0 Å². The highest BCUT2D eigenvalue weighted by Gasteiger charge is 2.46. The Bertz CT molecular complexity index is 478. The van der Waals surface area contributed by atoms with Gasteiger partial charge in [0.1, 0.15) is 0 Å². The summed E-state index contributed by atoms with van der Waals surface area (Å²) in [7, 11) is 3.81.